The Balaban J connectivity index is 2.36. The molecule has 3 N–H and O–H groups in total. The highest BCUT2D eigenvalue weighted by Crippen LogP contribution is 2.25. The SMILES string of the molecule is NNC(CCCC(F)(F)F)c1cscn1. The molecule has 0 saturated heterocycles. The van der Waals surface area contributed by atoms with E-state index in [1.807, 2.05) is 0 Å². The van der Waals surface area contributed by atoms with Crippen molar-refractivity contribution in [3.05, 3.63) is 16.6 Å². The highest BCUT2D eigenvalue weighted by Gasteiger charge is 2.26. The van der Waals surface area contributed by atoms with Crippen molar-refractivity contribution in [1.29, 1.82) is 0 Å². The van der Waals surface area contributed by atoms with E-state index >= 15 is 0 Å². The Morgan fingerprint density at radius 1 is 1.53 bits per heavy atom. The second-order valence-electron chi connectivity index (χ2n) is 3.14. The van der Waals surface area contributed by atoms with Crippen LogP contribution in [0.1, 0.15) is 31.0 Å². The Labute approximate surface area is 89.5 Å². The van der Waals surface area contributed by atoms with Crippen LogP contribution in [0.25, 0.3) is 0 Å². The molecule has 1 unspecified atom stereocenters. The van der Waals surface area contributed by atoms with E-state index in [2.05, 4.69) is 10.4 Å². The second kappa shape index (κ2) is 5.43. The van der Waals surface area contributed by atoms with Gasteiger partial charge in [-0.3, -0.25) is 11.3 Å². The molecule has 86 valence electrons. The highest BCUT2D eigenvalue weighted by molar-refractivity contribution is 7.07. The van der Waals surface area contributed by atoms with Gasteiger partial charge in [0.05, 0.1) is 17.2 Å². The average molecular weight is 239 g/mol. The van der Waals surface area contributed by atoms with Crippen LogP contribution >= 0.6 is 11.3 Å². The summed E-state index contributed by atoms with van der Waals surface area (Å²) in [5.74, 6) is 5.25. The third-order valence-electron chi connectivity index (χ3n) is 1.96. The van der Waals surface area contributed by atoms with Crippen LogP contribution in [0.3, 0.4) is 0 Å². The lowest BCUT2D eigenvalue weighted by molar-refractivity contribution is -0.135. The van der Waals surface area contributed by atoms with Crippen molar-refractivity contribution in [2.24, 2.45) is 5.84 Å². The predicted molar refractivity (Wildman–Crippen MR) is 52.1 cm³/mol. The maximum atomic E-state index is 11.9. The Bertz CT molecular complexity index is 273. The van der Waals surface area contributed by atoms with Crippen molar-refractivity contribution >= 4 is 11.3 Å². The summed E-state index contributed by atoms with van der Waals surface area (Å²) in [4.78, 5) is 4.00. The summed E-state index contributed by atoms with van der Waals surface area (Å²) >= 11 is 1.39. The first kappa shape index (κ1) is 12.4. The Kier molecular flexibility index (Phi) is 4.49. The van der Waals surface area contributed by atoms with E-state index in [1.54, 1.807) is 10.9 Å². The molecule has 1 atom stereocenters. The molecule has 15 heavy (non-hydrogen) atoms. The molecule has 0 aliphatic carbocycles. The molecule has 0 radical (unpaired) electrons. The molecule has 0 saturated carbocycles. The minimum absolute atomic E-state index is 0.0515. The van der Waals surface area contributed by atoms with Crippen molar-refractivity contribution in [1.82, 2.24) is 10.4 Å². The fourth-order valence-electron chi connectivity index (χ4n) is 1.22. The molecule has 1 aromatic heterocycles. The summed E-state index contributed by atoms with van der Waals surface area (Å²) in [5.41, 5.74) is 4.79. The lowest BCUT2D eigenvalue weighted by Crippen LogP contribution is -2.28. The fraction of sp³-hybridized carbons (Fsp3) is 0.625. The molecule has 1 heterocycles. The van der Waals surface area contributed by atoms with Gasteiger partial charge in [-0.2, -0.15) is 13.2 Å². The number of hydrogen-bond donors (Lipinski definition) is 2. The summed E-state index contributed by atoms with van der Waals surface area (Å²) in [5, 5.41) is 1.78. The van der Waals surface area contributed by atoms with Crippen LogP contribution in [0.4, 0.5) is 13.2 Å². The highest BCUT2D eigenvalue weighted by atomic mass is 32.1. The lowest BCUT2D eigenvalue weighted by Gasteiger charge is -2.13. The molecule has 7 heteroatoms. The van der Waals surface area contributed by atoms with Crippen molar-refractivity contribution < 1.29 is 13.2 Å². The van der Waals surface area contributed by atoms with Gasteiger partial charge in [-0.1, -0.05) is 0 Å². The van der Waals surface area contributed by atoms with Crippen LogP contribution in [0.5, 0.6) is 0 Å². The lowest BCUT2D eigenvalue weighted by atomic mass is 10.1. The molecule has 0 fully saturated rings. The maximum Gasteiger partial charge on any atom is 0.389 e. The van der Waals surface area contributed by atoms with Crippen LogP contribution in [0.2, 0.25) is 0 Å². The average Bonchev–Trinajstić information content (AvgIpc) is 2.63. The number of thiazole rings is 1. The number of nitrogens with two attached hydrogens (primary N) is 1. The van der Waals surface area contributed by atoms with Crippen molar-refractivity contribution in [2.45, 2.75) is 31.5 Å². The van der Waals surface area contributed by atoms with Gasteiger partial charge in [-0.25, -0.2) is 4.98 Å². The number of alkyl halides is 3. The zero-order valence-corrected chi connectivity index (χ0v) is 8.74. The van der Waals surface area contributed by atoms with Gasteiger partial charge in [-0.15, -0.1) is 11.3 Å². The topological polar surface area (TPSA) is 50.9 Å². The Morgan fingerprint density at radius 3 is 2.73 bits per heavy atom. The Morgan fingerprint density at radius 2 is 2.27 bits per heavy atom. The maximum absolute atomic E-state index is 11.9. The molecule has 0 aromatic carbocycles. The summed E-state index contributed by atoms with van der Waals surface area (Å²) < 4.78 is 35.7. The molecule has 0 spiro atoms. The first-order valence-electron chi connectivity index (χ1n) is 4.44. The van der Waals surface area contributed by atoms with E-state index in [0.29, 0.717) is 12.1 Å². The van der Waals surface area contributed by atoms with Gasteiger partial charge in [0, 0.05) is 11.8 Å². The zero-order chi connectivity index (χ0) is 11.3. The van der Waals surface area contributed by atoms with Gasteiger partial charge in [0.25, 0.3) is 0 Å². The monoisotopic (exact) mass is 239 g/mol. The molecular formula is C8H12F3N3S. The summed E-state index contributed by atoms with van der Waals surface area (Å²) in [7, 11) is 0. The molecule has 0 bridgehead atoms. The largest absolute Gasteiger partial charge is 0.389 e. The molecule has 1 aromatic rings. The third-order valence-corrected chi connectivity index (χ3v) is 2.57. The summed E-state index contributed by atoms with van der Waals surface area (Å²) in [6.07, 6.45) is -4.49. The van der Waals surface area contributed by atoms with Gasteiger partial charge in [0.15, 0.2) is 0 Å². The molecule has 0 amide bonds. The first-order chi connectivity index (χ1) is 7.03. The van der Waals surface area contributed by atoms with E-state index in [4.69, 9.17) is 5.84 Å². The number of hydrazine groups is 1. The van der Waals surface area contributed by atoms with E-state index < -0.39 is 12.6 Å². The third kappa shape index (κ3) is 4.59. The second-order valence-corrected chi connectivity index (χ2v) is 3.86. The molecule has 1 rings (SSSR count). The van der Waals surface area contributed by atoms with Crippen molar-refractivity contribution in [3.63, 3.8) is 0 Å². The first-order valence-corrected chi connectivity index (χ1v) is 5.38. The Hall–Kier alpha value is -0.660. The van der Waals surface area contributed by atoms with Crippen LogP contribution in [0.15, 0.2) is 10.9 Å². The number of nitrogens with zero attached hydrogens (tertiary/aromatic N) is 1. The van der Waals surface area contributed by atoms with Gasteiger partial charge in [-0.05, 0) is 12.8 Å². The van der Waals surface area contributed by atoms with Crippen LogP contribution in [-0.4, -0.2) is 11.2 Å². The summed E-state index contributed by atoms with van der Waals surface area (Å²) in [6, 6.07) is -0.293. The molecule has 3 nitrogen and oxygen atoms in total. The number of rotatable bonds is 5. The smallest absolute Gasteiger partial charge is 0.271 e. The van der Waals surface area contributed by atoms with E-state index in [9.17, 15) is 13.2 Å². The summed E-state index contributed by atoms with van der Waals surface area (Å²) in [6.45, 7) is 0. The number of hydrogen-bond acceptors (Lipinski definition) is 4. The zero-order valence-electron chi connectivity index (χ0n) is 7.92. The van der Waals surface area contributed by atoms with Gasteiger partial charge in [0.2, 0.25) is 0 Å². The van der Waals surface area contributed by atoms with Gasteiger partial charge < -0.3 is 0 Å². The van der Waals surface area contributed by atoms with Crippen LogP contribution in [0, 0.1) is 0 Å². The molecular weight excluding hydrogens is 227 g/mol. The molecule has 0 aliphatic rings. The standard InChI is InChI=1S/C8H12F3N3S/c9-8(10,11)3-1-2-6(14-12)7-4-15-5-13-7/h4-6,14H,1-3,12H2. The van der Waals surface area contributed by atoms with Crippen molar-refractivity contribution in [3.8, 4) is 0 Å². The van der Waals surface area contributed by atoms with Gasteiger partial charge in [0.1, 0.15) is 0 Å². The normalized spacial score (nSPS) is 14.1. The van der Waals surface area contributed by atoms with Crippen LogP contribution in [-0.2, 0) is 0 Å². The fourth-order valence-corrected chi connectivity index (χ4v) is 1.83. The van der Waals surface area contributed by atoms with Gasteiger partial charge >= 0.3 is 6.18 Å². The predicted octanol–water partition coefficient (Wildman–Crippen LogP) is 2.38. The van der Waals surface area contributed by atoms with E-state index in [1.165, 1.54) is 11.3 Å². The van der Waals surface area contributed by atoms with Crippen molar-refractivity contribution in [2.75, 3.05) is 0 Å². The number of halogens is 3. The number of aromatic nitrogens is 1. The molecule has 0 aliphatic heterocycles. The minimum Gasteiger partial charge on any atom is -0.271 e. The van der Waals surface area contributed by atoms with Crippen LogP contribution < -0.4 is 11.3 Å². The minimum atomic E-state index is -4.10. The van der Waals surface area contributed by atoms with E-state index in [0.717, 1.165) is 0 Å². The quantitative estimate of drug-likeness (QED) is 0.612. The number of nitrogens with one attached hydrogen (secondary N) is 1. The van der Waals surface area contributed by atoms with E-state index in [-0.39, 0.29) is 12.5 Å².